The summed E-state index contributed by atoms with van der Waals surface area (Å²) in [6, 6.07) is -0.344. The fourth-order valence-electron chi connectivity index (χ4n) is 2.61. The average molecular weight is 352 g/mol. The van der Waals surface area contributed by atoms with Gasteiger partial charge < -0.3 is 16.0 Å². The zero-order valence-corrected chi connectivity index (χ0v) is 16.0. The van der Waals surface area contributed by atoms with Gasteiger partial charge in [0.1, 0.15) is 0 Å². The van der Waals surface area contributed by atoms with Gasteiger partial charge in [0, 0.05) is 6.54 Å². The van der Waals surface area contributed by atoms with E-state index in [2.05, 4.69) is 24.1 Å². The normalized spacial score (nSPS) is 18.0. The third-order valence-electron chi connectivity index (χ3n) is 4.26. The van der Waals surface area contributed by atoms with Gasteiger partial charge in [-0.1, -0.05) is 13.8 Å². The number of piperidine rings is 1. The Bertz CT molecular complexity index is 297. The highest BCUT2D eigenvalue weighted by Crippen LogP contribution is 2.17. The van der Waals surface area contributed by atoms with E-state index in [0.29, 0.717) is 5.92 Å². The zero-order chi connectivity index (χ0) is 15.7. The van der Waals surface area contributed by atoms with Crippen molar-refractivity contribution in [2.75, 3.05) is 38.2 Å². The predicted octanol–water partition coefficient (Wildman–Crippen LogP) is 2.36. The summed E-state index contributed by atoms with van der Waals surface area (Å²) in [5.41, 5.74) is 5.88. The van der Waals surface area contributed by atoms with Gasteiger partial charge in [0.2, 0.25) is 5.91 Å². The molecule has 4 nitrogen and oxygen atoms in total. The highest BCUT2D eigenvalue weighted by atomic mass is 35.5. The second kappa shape index (κ2) is 12.5. The summed E-state index contributed by atoms with van der Waals surface area (Å²) in [4.78, 5) is 14.4. The molecule has 3 N–H and O–H groups in total. The summed E-state index contributed by atoms with van der Waals surface area (Å²) in [6.07, 6.45) is 6.47. The van der Waals surface area contributed by atoms with Crippen LogP contribution in [0.2, 0.25) is 0 Å². The number of carbonyl (C=O) groups is 1. The highest BCUT2D eigenvalue weighted by molar-refractivity contribution is 7.98. The van der Waals surface area contributed by atoms with Crippen molar-refractivity contribution >= 4 is 30.1 Å². The molecule has 1 amide bonds. The monoisotopic (exact) mass is 351 g/mol. The van der Waals surface area contributed by atoms with E-state index in [-0.39, 0.29) is 24.4 Å². The lowest BCUT2D eigenvalue weighted by Gasteiger charge is -2.32. The number of nitrogens with two attached hydrogens (primary N) is 1. The number of nitrogens with one attached hydrogen (secondary N) is 1. The van der Waals surface area contributed by atoms with Crippen LogP contribution in [0.3, 0.4) is 0 Å². The van der Waals surface area contributed by atoms with Crippen molar-refractivity contribution in [2.24, 2.45) is 17.6 Å². The molecule has 1 heterocycles. The number of rotatable bonds is 9. The van der Waals surface area contributed by atoms with Crippen LogP contribution in [0.4, 0.5) is 0 Å². The Hall–Kier alpha value is 0.0300. The molecule has 0 aromatic carbocycles. The fraction of sp³-hybridized carbons (Fsp3) is 0.938. The molecule has 0 spiro atoms. The van der Waals surface area contributed by atoms with Crippen LogP contribution in [0.5, 0.6) is 0 Å². The molecule has 22 heavy (non-hydrogen) atoms. The maximum Gasteiger partial charge on any atom is 0.236 e. The maximum atomic E-state index is 11.9. The van der Waals surface area contributed by atoms with Crippen LogP contribution in [0, 0.1) is 11.8 Å². The topological polar surface area (TPSA) is 58.4 Å². The van der Waals surface area contributed by atoms with Gasteiger partial charge in [-0.25, -0.2) is 0 Å². The van der Waals surface area contributed by atoms with Crippen molar-refractivity contribution in [3.05, 3.63) is 0 Å². The van der Waals surface area contributed by atoms with Crippen LogP contribution >= 0.6 is 24.2 Å². The minimum absolute atomic E-state index is 0. The quantitative estimate of drug-likeness (QED) is 0.669. The molecule has 0 aromatic heterocycles. The standard InChI is InChI=1S/C16H33N3OS.ClH/c1-13(2)4-8-19-9-5-14(6-10-19)12-18-16(20)15(17)7-11-21-3;/h13-15H,4-12,17H2,1-3H3,(H,18,20);1H/t15-;/m0./s1. The van der Waals surface area contributed by atoms with Crippen LogP contribution in [0.15, 0.2) is 0 Å². The van der Waals surface area contributed by atoms with Crippen molar-refractivity contribution in [1.82, 2.24) is 10.2 Å². The largest absolute Gasteiger partial charge is 0.354 e. The Morgan fingerprint density at radius 1 is 1.32 bits per heavy atom. The molecule has 1 saturated heterocycles. The molecule has 6 heteroatoms. The smallest absolute Gasteiger partial charge is 0.236 e. The number of nitrogens with zero attached hydrogens (tertiary/aromatic N) is 1. The zero-order valence-electron chi connectivity index (χ0n) is 14.3. The van der Waals surface area contributed by atoms with Crippen LogP contribution in [-0.4, -0.2) is 55.0 Å². The van der Waals surface area contributed by atoms with Gasteiger partial charge in [0.05, 0.1) is 6.04 Å². The minimum atomic E-state index is -0.344. The van der Waals surface area contributed by atoms with E-state index in [4.69, 9.17) is 5.73 Å². The molecule has 1 atom stereocenters. The molecule has 1 rings (SSSR count). The minimum Gasteiger partial charge on any atom is -0.354 e. The Morgan fingerprint density at radius 3 is 2.50 bits per heavy atom. The molecule has 1 aliphatic heterocycles. The van der Waals surface area contributed by atoms with Crippen molar-refractivity contribution in [3.63, 3.8) is 0 Å². The number of halogens is 1. The number of hydrogen-bond donors (Lipinski definition) is 2. The number of thioether (sulfide) groups is 1. The summed E-state index contributed by atoms with van der Waals surface area (Å²) in [5.74, 6) is 2.37. The summed E-state index contributed by atoms with van der Waals surface area (Å²) in [5, 5.41) is 3.03. The highest BCUT2D eigenvalue weighted by Gasteiger charge is 2.20. The summed E-state index contributed by atoms with van der Waals surface area (Å²) in [7, 11) is 0. The Kier molecular flexibility index (Phi) is 12.5. The predicted molar refractivity (Wildman–Crippen MR) is 99.9 cm³/mol. The molecule has 1 aliphatic rings. The first-order chi connectivity index (χ1) is 10.0. The second-order valence-electron chi connectivity index (χ2n) is 6.60. The number of hydrogen-bond acceptors (Lipinski definition) is 4. The lowest BCUT2D eigenvalue weighted by Crippen LogP contribution is -2.44. The Balaban J connectivity index is 0.00000441. The fourth-order valence-corrected chi connectivity index (χ4v) is 3.10. The van der Waals surface area contributed by atoms with Gasteiger partial charge in [-0.15, -0.1) is 12.4 Å². The molecule has 0 radical (unpaired) electrons. The molecule has 1 fully saturated rings. The third kappa shape index (κ3) is 9.23. The maximum absolute atomic E-state index is 11.9. The van der Waals surface area contributed by atoms with Gasteiger partial charge in [0.25, 0.3) is 0 Å². The molecule has 0 saturated carbocycles. The molecular weight excluding hydrogens is 318 g/mol. The first-order valence-electron chi connectivity index (χ1n) is 8.27. The van der Waals surface area contributed by atoms with Gasteiger partial charge >= 0.3 is 0 Å². The van der Waals surface area contributed by atoms with Crippen LogP contribution < -0.4 is 11.1 Å². The average Bonchev–Trinajstić information content (AvgIpc) is 2.49. The number of likely N-dealkylation sites (tertiary alicyclic amines) is 1. The van der Waals surface area contributed by atoms with E-state index in [9.17, 15) is 4.79 Å². The Morgan fingerprint density at radius 2 is 1.95 bits per heavy atom. The lowest BCUT2D eigenvalue weighted by molar-refractivity contribution is -0.122. The molecule has 0 aliphatic carbocycles. The van der Waals surface area contributed by atoms with Crippen molar-refractivity contribution < 1.29 is 4.79 Å². The van der Waals surface area contributed by atoms with Crippen molar-refractivity contribution in [1.29, 1.82) is 0 Å². The third-order valence-corrected chi connectivity index (χ3v) is 4.91. The lowest BCUT2D eigenvalue weighted by atomic mass is 9.96. The molecule has 0 bridgehead atoms. The summed E-state index contributed by atoms with van der Waals surface area (Å²) in [6.45, 7) is 8.92. The molecule has 0 unspecified atom stereocenters. The van der Waals surface area contributed by atoms with E-state index in [1.54, 1.807) is 11.8 Å². The van der Waals surface area contributed by atoms with Crippen LogP contribution in [0.1, 0.15) is 39.5 Å². The van der Waals surface area contributed by atoms with Crippen molar-refractivity contribution in [3.8, 4) is 0 Å². The van der Waals surface area contributed by atoms with E-state index in [1.165, 1.54) is 38.9 Å². The molecule has 132 valence electrons. The van der Waals surface area contributed by atoms with Crippen molar-refractivity contribution in [2.45, 2.75) is 45.6 Å². The second-order valence-corrected chi connectivity index (χ2v) is 7.59. The van der Waals surface area contributed by atoms with Gasteiger partial charge in [-0.3, -0.25) is 4.79 Å². The van der Waals surface area contributed by atoms with Gasteiger partial charge in [-0.2, -0.15) is 11.8 Å². The number of amides is 1. The summed E-state index contributed by atoms with van der Waals surface area (Å²) < 4.78 is 0. The van der Waals surface area contributed by atoms with E-state index in [1.807, 2.05) is 6.26 Å². The van der Waals surface area contributed by atoms with E-state index >= 15 is 0 Å². The number of carbonyl (C=O) groups excluding carboxylic acids is 1. The Labute approximate surface area is 146 Å². The molecule has 0 aromatic rings. The molecular formula is C16H34ClN3OS. The van der Waals surface area contributed by atoms with Gasteiger partial charge in [-0.05, 0) is 69.2 Å². The summed E-state index contributed by atoms with van der Waals surface area (Å²) >= 11 is 1.73. The van der Waals surface area contributed by atoms with E-state index < -0.39 is 0 Å². The SMILES string of the molecule is CSCC[C@H](N)C(=O)NCC1CCN(CCC(C)C)CC1.Cl. The van der Waals surface area contributed by atoms with Crippen LogP contribution in [-0.2, 0) is 4.79 Å². The van der Waals surface area contributed by atoms with Crippen LogP contribution in [0.25, 0.3) is 0 Å². The van der Waals surface area contributed by atoms with E-state index in [0.717, 1.165) is 24.6 Å². The van der Waals surface area contributed by atoms with Gasteiger partial charge in [0.15, 0.2) is 0 Å². The first kappa shape index (κ1) is 22.0. The first-order valence-corrected chi connectivity index (χ1v) is 9.67.